The van der Waals surface area contributed by atoms with Crippen molar-refractivity contribution in [2.24, 2.45) is 0 Å². The summed E-state index contributed by atoms with van der Waals surface area (Å²) in [6.45, 7) is 1.44. The van der Waals surface area contributed by atoms with E-state index in [1.54, 1.807) is 24.3 Å². The van der Waals surface area contributed by atoms with Gasteiger partial charge in [0, 0.05) is 29.6 Å². The zero-order valence-corrected chi connectivity index (χ0v) is 13.6. The molecule has 120 valence electrons. The highest BCUT2D eigenvalue weighted by Gasteiger charge is 2.24. The monoisotopic (exact) mass is 331 g/mol. The first kappa shape index (κ1) is 16.0. The summed E-state index contributed by atoms with van der Waals surface area (Å²) < 4.78 is 13.1. The third-order valence-electron chi connectivity index (χ3n) is 4.39. The fourth-order valence-electron chi connectivity index (χ4n) is 3.11. The van der Waals surface area contributed by atoms with E-state index >= 15 is 0 Å². The number of amides is 1. The Balaban J connectivity index is 1.77. The summed E-state index contributed by atoms with van der Waals surface area (Å²) in [6, 6.07) is 13.7. The number of hydrogen-bond acceptors (Lipinski definition) is 1. The van der Waals surface area contributed by atoms with E-state index in [2.05, 4.69) is 0 Å². The molecule has 2 aromatic rings. The molecule has 0 spiro atoms. The number of hydrogen-bond donors (Lipinski definition) is 0. The predicted octanol–water partition coefficient (Wildman–Crippen LogP) is 4.89. The Kier molecular flexibility index (Phi) is 4.97. The number of carbonyl (C=O) groups is 1. The molecule has 0 radical (unpaired) electrons. The molecule has 0 aliphatic carbocycles. The third kappa shape index (κ3) is 3.91. The SMILES string of the molecule is O=C(c1ccc(Cl)cc1)N1CCCCC(c2ccc(F)cc2)C1. The van der Waals surface area contributed by atoms with E-state index in [9.17, 15) is 9.18 Å². The molecule has 1 aliphatic rings. The van der Waals surface area contributed by atoms with Gasteiger partial charge in [0.25, 0.3) is 5.91 Å². The average Bonchev–Trinajstić information content (AvgIpc) is 2.82. The molecule has 0 saturated carbocycles. The first-order valence-corrected chi connectivity index (χ1v) is 8.31. The molecule has 1 heterocycles. The molecule has 1 aliphatic heterocycles. The predicted molar refractivity (Wildman–Crippen MR) is 90.3 cm³/mol. The highest BCUT2D eigenvalue weighted by atomic mass is 35.5. The van der Waals surface area contributed by atoms with Crippen molar-refractivity contribution in [3.63, 3.8) is 0 Å². The minimum atomic E-state index is -0.225. The van der Waals surface area contributed by atoms with Crippen LogP contribution < -0.4 is 0 Å². The van der Waals surface area contributed by atoms with E-state index in [0.29, 0.717) is 17.1 Å². The van der Waals surface area contributed by atoms with E-state index in [1.165, 1.54) is 12.1 Å². The van der Waals surface area contributed by atoms with Gasteiger partial charge in [-0.2, -0.15) is 0 Å². The van der Waals surface area contributed by atoms with Crippen LogP contribution >= 0.6 is 11.6 Å². The lowest BCUT2D eigenvalue weighted by atomic mass is 9.94. The van der Waals surface area contributed by atoms with Crippen molar-refractivity contribution < 1.29 is 9.18 Å². The normalized spacial score (nSPS) is 18.5. The first-order chi connectivity index (χ1) is 11.1. The van der Waals surface area contributed by atoms with Gasteiger partial charge in [-0.25, -0.2) is 4.39 Å². The van der Waals surface area contributed by atoms with Gasteiger partial charge in [-0.1, -0.05) is 30.2 Å². The molecule has 4 heteroatoms. The molecule has 1 amide bonds. The second kappa shape index (κ2) is 7.14. The second-order valence-corrected chi connectivity index (χ2v) is 6.44. The summed E-state index contributed by atoms with van der Waals surface area (Å²) >= 11 is 5.89. The number of halogens is 2. The van der Waals surface area contributed by atoms with Crippen LogP contribution in [0.25, 0.3) is 0 Å². The van der Waals surface area contributed by atoms with Crippen molar-refractivity contribution in [2.75, 3.05) is 13.1 Å². The minimum absolute atomic E-state index is 0.0377. The van der Waals surface area contributed by atoms with Gasteiger partial charge in [-0.3, -0.25) is 4.79 Å². The average molecular weight is 332 g/mol. The number of benzene rings is 2. The van der Waals surface area contributed by atoms with Crippen LogP contribution in [0.5, 0.6) is 0 Å². The van der Waals surface area contributed by atoms with Crippen molar-refractivity contribution in [2.45, 2.75) is 25.2 Å². The van der Waals surface area contributed by atoms with Crippen LogP contribution in [0.15, 0.2) is 48.5 Å². The van der Waals surface area contributed by atoms with Crippen molar-refractivity contribution in [3.05, 3.63) is 70.5 Å². The lowest BCUT2D eigenvalue weighted by Crippen LogP contribution is -2.34. The Morgan fingerprint density at radius 1 is 1.04 bits per heavy atom. The summed E-state index contributed by atoms with van der Waals surface area (Å²) in [5.41, 5.74) is 1.76. The Bertz CT molecular complexity index is 669. The van der Waals surface area contributed by atoms with Gasteiger partial charge in [-0.15, -0.1) is 0 Å². The summed E-state index contributed by atoms with van der Waals surface area (Å²) in [5, 5.41) is 0.626. The maximum Gasteiger partial charge on any atom is 0.253 e. The van der Waals surface area contributed by atoms with Crippen LogP contribution in [-0.2, 0) is 0 Å². The van der Waals surface area contributed by atoms with Crippen LogP contribution in [0.3, 0.4) is 0 Å². The molecule has 1 saturated heterocycles. The van der Waals surface area contributed by atoms with Gasteiger partial charge in [-0.05, 0) is 54.8 Å². The molecule has 2 nitrogen and oxygen atoms in total. The van der Waals surface area contributed by atoms with Crippen LogP contribution in [-0.4, -0.2) is 23.9 Å². The van der Waals surface area contributed by atoms with E-state index in [-0.39, 0.29) is 17.6 Å². The standard InChI is InChI=1S/C19H19ClFNO/c20-17-8-4-15(5-9-17)19(23)22-12-2-1-3-16(13-22)14-6-10-18(21)11-7-14/h4-11,16H,1-3,12-13H2. The van der Waals surface area contributed by atoms with Gasteiger partial charge in [0.15, 0.2) is 0 Å². The van der Waals surface area contributed by atoms with Crippen LogP contribution in [0.2, 0.25) is 5.02 Å². The third-order valence-corrected chi connectivity index (χ3v) is 4.64. The van der Waals surface area contributed by atoms with E-state index in [1.807, 2.05) is 17.0 Å². The van der Waals surface area contributed by atoms with Crippen molar-refractivity contribution in [1.82, 2.24) is 4.90 Å². The van der Waals surface area contributed by atoms with Crippen molar-refractivity contribution in [1.29, 1.82) is 0 Å². The molecule has 23 heavy (non-hydrogen) atoms. The highest BCUT2D eigenvalue weighted by molar-refractivity contribution is 6.30. The highest BCUT2D eigenvalue weighted by Crippen LogP contribution is 2.27. The molecule has 0 N–H and O–H groups in total. The van der Waals surface area contributed by atoms with Crippen molar-refractivity contribution in [3.8, 4) is 0 Å². The Morgan fingerprint density at radius 3 is 2.43 bits per heavy atom. The lowest BCUT2D eigenvalue weighted by molar-refractivity contribution is 0.0754. The van der Waals surface area contributed by atoms with Crippen molar-refractivity contribution >= 4 is 17.5 Å². The smallest absolute Gasteiger partial charge is 0.253 e. The Labute approximate surface area is 140 Å². The largest absolute Gasteiger partial charge is 0.338 e. The van der Waals surface area contributed by atoms with Gasteiger partial charge in [0.2, 0.25) is 0 Å². The summed E-state index contributed by atoms with van der Waals surface area (Å²) in [4.78, 5) is 14.6. The molecule has 0 bridgehead atoms. The van der Waals surface area contributed by atoms with Gasteiger partial charge in [0.05, 0.1) is 0 Å². The van der Waals surface area contributed by atoms with Gasteiger partial charge in [0.1, 0.15) is 5.82 Å². The molecule has 1 unspecified atom stereocenters. The number of nitrogens with zero attached hydrogens (tertiary/aromatic N) is 1. The first-order valence-electron chi connectivity index (χ1n) is 7.94. The second-order valence-electron chi connectivity index (χ2n) is 6.00. The maximum atomic E-state index is 13.1. The fraction of sp³-hybridized carbons (Fsp3) is 0.316. The molecule has 0 aromatic heterocycles. The zero-order valence-electron chi connectivity index (χ0n) is 12.8. The summed E-state index contributed by atoms with van der Waals surface area (Å²) in [6.07, 6.45) is 3.10. The molecular weight excluding hydrogens is 313 g/mol. The van der Waals surface area contributed by atoms with E-state index in [4.69, 9.17) is 11.6 Å². The Morgan fingerprint density at radius 2 is 1.74 bits per heavy atom. The zero-order chi connectivity index (χ0) is 16.2. The number of rotatable bonds is 2. The number of likely N-dealkylation sites (tertiary alicyclic amines) is 1. The quantitative estimate of drug-likeness (QED) is 0.767. The van der Waals surface area contributed by atoms with Gasteiger partial charge >= 0.3 is 0 Å². The summed E-state index contributed by atoms with van der Waals surface area (Å²) in [5.74, 6) is 0.0708. The molecule has 1 atom stereocenters. The Hall–Kier alpha value is -1.87. The fourth-order valence-corrected chi connectivity index (χ4v) is 3.23. The topological polar surface area (TPSA) is 20.3 Å². The van der Waals surface area contributed by atoms with E-state index in [0.717, 1.165) is 31.4 Å². The number of carbonyl (C=O) groups excluding carboxylic acids is 1. The van der Waals surface area contributed by atoms with E-state index < -0.39 is 0 Å². The molecule has 2 aromatic carbocycles. The molecule has 1 fully saturated rings. The van der Waals surface area contributed by atoms with Gasteiger partial charge < -0.3 is 4.90 Å². The van der Waals surface area contributed by atoms with Crippen LogP contribution in [0.1, 0.15) is 41.1 Å². The molecule has 3 rings (SSSR count). The lowest BCUT2D eigenvalue weighted by Gasteiger charge is -2.25. The molecular formula is C19H19ClFNO. The van der Waals surface area contributed by atoms with Crippen LogP contribution in [0, 0.1) is 5.82 Å². The minimum Gasteiger partial charge on any atom is -0.338 e. The van der Waals surface area contributed by atoms with Crippen LogP contribution in [0.4, 0.5) is 4.39 Å². The maximum absolute atomic E-state index is 13.1. The summed E-state index contributed by atoms with van der Waals surface area (Å²) in [7, 11) is 0.